The van der Waals surface area contributed by atoms with E-state index in [1.807, 2.05) is 0 Å². The second-order valence-electron chi connectivity index (χ2n) is 2.69. The van der Waals surface area contributed by atoms with Gasteiger partial charge in [-0.2, -0.15) is 0 Å². The van der Waals surface area contributed by atoms with E-state index in [1.165, 1.54) is 19.1 Å². The molecular weight excluding hydrogens is 172 g/mol. The molecule has 0 aliphatic heterocycles. The number of carbonyl (C=O) groups is 2. The zero-order valence-corrected chi connectivity index (χ0v) is 8.07. The monoisotopic (exact) mass is 186 g/mol. The summed E-state index contributed by atoms with van der Waals surface area (Å²) in [4.78, 5) is 21.1. The van der Waals surface area contributed by atoms with Gasteiger partial charge in [-0.05, 0) is 19.9 Å². The van der Waals surface area contributed by atoms with Crippen LogP contribution >= 0.6 is 0 Å². The Morgan fingerprint density at radius 2 is 2.00 bits per heavy atom. The summed E-state index contributed by atoms with van der Waals surface area (Å²) in [7, 11) is 0. The third-order valence-corrected chi connectivity index (χ3v) is 0.989. The van der Waals surface area contributed by atoms with Crippen LogP contribution in [0.5, 0.6) is 0 Å². The highest BCUT2D eigenvalue weighted by Crippen LogP contribution is 1.90. The van der Waals surface area contributed by atoms with Crippen LogP contribution in [0.2, 0.25) is 0 Å². The van der Waals surface area contributed by atoms with Gasteiger partial charge in [0.05, 0.1) is 6.10 Å². The molecule has 4 nitrogen and oxygen atoms in total. The van der Waals surface area contributed by atoms with E-state index >= 15 is 0 Å². The van der Waals surface area contributed by atoms with Crippen molar-refractivity contribution in [3.05, 3.63) is 12.2 Å². The van der Waals surface area contributed by atoms with Crippen molar-refractivity contribution >= 4 is 11.9 Å². The van der Waals surface area contributed by atoms with Crippen molar-refractivity contribution < 1.29 is 19.1 Å². The van der Waals surface area contributed by atoms with Gasteiger partial charge in [0, 0.05) is 13.0 Å². The molecular formula is C9H14O4. The first-order valence-corrected chi connectivity index (χ1v) is 4.03. The fourth-order valence-corrected chi connectivity index (χ4v) is 0.581. The summed E-state index contributed by atoms with van der Waals surface area (Å²) in [5, 5.41) is 0. The summed E-state index contributed by atoms with van der Waals surface area (Å²) in [6.45, 7) is 4.93. The Morgan fingerprint density at radius 3 is 2.46 bits per heavy atom. The molecule has 0 bridgehead atoms. The number of hydrogen-bond acceptors (Lipinski definition) is 4. The van der Waals surface area contributed by atoms with Gasteiger partial charge in [-0.1, -0.05) is 0 Å². The Kier molecular flexibility index (Phi) is 5.59. The predicted octanol–water partition coefficient (Wildman–Crippen LogP) is 1.06. The minimum absolute atomic E-state index is 0.0997. The lowest BCUT2D eigenvalue weighted by Crippen LogP contribution is -2.08. The number of ether oxygens (including phenoxy) is 2. The molecule has 0 aliphatic carbocycles. The van der Waals surface area contributed by atoms with Crippen LogP contribution in [0, 0.1) is 0 Å². The van der Waals surface area contributed by atoms with Gasteiger partial charge in [-0.15, -0.1) is 0 Å². The Balaban J connectivity index is 3.60. The number of rotatable bonds is 4. The zero-order valence-electron chi connectivity index (χ0n) is 8.07. The van der Waals surface area contributed by atoms with Crippen LogP contribution in [-0.2, 0) is 19.1 Å². The number of carbonyl (C=O) groups excluding carboxylic acids is 2. The molecule has 74 valence electrons. The molecule has 13 heavy (non-hydrogen) atoms. The molecule has 0 aromatic heterocycles. The van der Waals surface area contributed by atoms with Crippen LogP contribution in [0.15, 0.2) is 12.2 Å². The van der Waals surface area contributed by atoms with Crippen molar-refractivity contribution in [3.8, 4) is 0 Å². The van der Waals surface area contributed by atoms with Crippen molar-refractivity contribution in [3.63, 3.8) is 0 Å². The molecule has 0 spiro atoms. The highest BCUT2D eigenvalue weighted by molar-refractivity contribution is 5.82. The van der Waals surface area contributed by atoms with Crippen LogP contribution in [0.4, 0.5) is 0 Å². The average Bonchev–Trinajstić information content (AvgIpc) is 1.96. The van der Waals surface area contributed by atoms with E-state index in [1.54, 1.807) is 13.8 Å². The van der Waals surface area contributed by atoms with E-state index < -0.39 is 5.97 Å². The van der Waals surface area contributed by atoms with Crippen molar-refractivity contribution in [2.24, 2.45) is 0 Å². The minimum atomic E-state index is -0.429. The smallest absolute Gasteiger partial charge is 0.330 e. The van der Waals surface area contributed by atoms with Gasteiger partial charge in [-0.25, -0.2) is 4.79 Å². The fraction of sp³-hybridized carbons (Fsp3) is 0.556. The van der Waals surface area contributed by atoms with Crippen LogP contribution in [0.25, 0.3) is 0 Å². The highest BCUT2D eigenvalue weighted by atomic mass is 16.5. The third kappa shape index (κ3) is 8.59. The summed E-state index contributed by atoms with van der Waals surface area (Å²) in [5.41, 5.74) is 0. The maximum atomic E-state index is 10.8. The van der Waals surface area contributed by atoms with Crippen molar-refractivity contribution in [2.75, 3.05) is 6.61 Å². The van der Waals surface area contributed by atoms with E-state index in [4.69, 9.17) is 4.74 Å². The lowest BCUT2D eigenvalue weighted by atomic mass is 10.4. The maximum Gasteiger partial charge on any atom is 0.330 e. The maximum absolute atomic E-state index is 10.8. The molecule has 0 amide bonds. The van der Waals surface area contributed by atoms with Crippen molar-refractivity contribution in [1.82, 2.24) is 0 Å². The average molecular weight is 186 g/mol. The predicted molar refractivity (Wildman–Crippen MR) is 47.0 cm³/mol. The molecule has 0 unspecified atom stereocenters. The van der Waals surface area contributed by atoms with Gasteiger partial charge in [0.15, 0.2) is 0 Å². The second kappa shape index (κ2) is 6.22. The topological polar surface area (TPSA) is 52.6 Å². The molecule has 0 atom stereocenters. The van der Waals surface area contributed by atoms with E-state index in [9.17, 15) is 9.59 Å². The number of esters is 2. The third-order valence-electron chi connectivity index (χ3n) is 0.989. The first-order chi connectivity index (χ1) is 6.02. The van der Waals surface area contributed by atoms with Gasteiger partial charge in [-0.3, -0.25) is 4.79 Å². The van der Waals surface area contributed by atoms with Gasteiger partial charge in [0.25, 0.3) is 0 Å². The van der Waals surface area contributed by atoms with Gasteiger partial charge in [0.1, 0.15) is 6.61 Å². The quantitative estimate of drug-likeness (QED) is 0.486. The fourth-order valence-electron chi connectivity index (χ4n) is 0.581. The molecule has 0 radical (unpaired) electrons. The first-order valence-electron chi connectivity index (χ1n) is 4.03. The largest absolute Gasteiger partial charge is 0.462 e. The summed E-state index contributed by atoms with van der Waals surface area (Å²) in [6.07, 6.45) is 2.54. The highest BCUT2D eigenvalue weighted by Gasteiger charge is 1.99. The Bertz CT molecular complexity index is 206. The molecule has 0 rings (SSSR count). The Labute approximate surface area is 77.5 Å². The van der Waals surface area contributed by atoms with Crippen molar-refractivity contribution in [1.29, 1.82) is 0 Å². The van der Waals surface area contributed by atoms with Crippen LogP contribution in [-0.4, -0.2) is 24.6 Å². The normalized spacial score (nSPS) is 10.5. The van der Waals surface area contributed by atoms with E-state index in [2.05, 4.69) is 4.74 Å². The molecule has 0 heterocycles. The second-order valence-corrected chi connectivity index (χ2v) is 2.69. The van der Waals surface area contributed by atoms with Crippen LogP contribution in [0.1, 0.15) is 20.8 Å². The first kappa shape index (κ1) is 11.7. The summed E-state index contributed by atoms with van der Waals surface area (Å²) >= 11 is 0. The summed E-state index contributed by atoms with van der Waals surface area (Å²) in [6, 6.07) is 0. The Morgan fingerprint density at radius 1 is 1.38 bits per heavy atom. The molecule has 0 fully saturated rings. The summed E-state index contributed by atoms with van der Waals surface area (Å²) in [5.74, 6) is -0.802. The molecule has 0 N–H and O–H groups in total. The Hall–Kier alpha value is -1.32. The van der Waals surface area contributed by atoms with E-state index in [0.717, 1.165) is 0 Å². The molecule has 4 heteroatoms. The summed E-state index contributed by atoms with van der Waals surface area (Å²) < 4.78 is 9.35. The zero-order chi connectivity index (χ0) is 10.3. The van der Waals surface area contributed by atoms with Crippen LogP contribution < -0.4 is 0 Å². The van der Waals surface area contributed by atoms with Crippen LogP contribution in [0.3, 0.4) is 0 Å². The minimum Gasteiger partial charge on any atom is -0.462 e. The number of hydrogen-bond donors (Lipinski definition) is 0. The van der Waals surface area contributed by atoms with E-state index in [-0.39, 0.29) is 18.7 Å². The lowest BCUT2D eigenvalue weighted by Gasteiger charge is -2.03. The van der Waals surface area contributed by atoms with Gasteiger partial charge in [0.2, 0.25) is 0 Å². The van der Waals surface area contributed by atoms with Gasteiger partial charge >= 0.3 is 11.9 Å². The molecule has 0 aromatic carbocycles. The lowest BCUT2D eigenvalue weighted by molar-refractivity contribution is -0.142. The SMILES string of the molecule is CC(=O)OC/C=C\C(=O)OC(C)C. The molecule has 0 saturated carbocycles. The van der Waals surface area contributed by atoms with Crippen molar-refractivity contribution in [2.45, 2.75) is 26.9 Å². The molecule has 0 saturated heterocycles. The standard InChI is InChI=1S/C9H14O4/c1-7(2)13-9(11)5-4-6-12-8(3)10/h4-5,7H,6H2,1-3H3/b5-4-. The van der Waals surface area contributed by atoms with E-state index in [0.29, 0.717) is 0 Å². The molecule has 0 aliphatic rings. The molecule has 0 aromatic rings. The van der Waals surface area contributed by atoms with Gasteiger partial charge < -0.3 is 9.47 Å².